The molecule has 6 heteroatoms. The van der Waals surface area contributed by atoms with Gasteiger partial charge < -0.3 is 10.0 Å². The lowest BCUT2D eigenvalue weighted by molar-refractivity contribution is -0.383. The molecular weight excluding hydrogens is 288 g/mol. The van der Waals surface area contributed by atoms with Gasteiger partial charge in [0.25, 0.3) is 0 Å². The molecule has 5 nitrogen and oxygen atoms in total. The summed E-state index contributed by atoms with van der Waals surface area (Å²) >= 11 is 1.26. The van der Waals surface area contributed by atoms with Gasteiger partial charge in [-0.25, -0.2) is 0 Å². The second-order valence-corrected chi connectivity index (χ2v) is 6.12. The minimum absolute atomic E-state index is 0.0481. The van der Waals surface area contributed by atoms with Crippen LogP contribution in [0.2, 0.25) is 0 Å². The fourth-order valence-corrected chi connectivity index (χ4v) is 3.14. The third-order valence-corrected chi connectivity index (χ3v) is 4.75. The van der Waals surface area contributed by atoms with E-state index >= 15 is 0 Å². The molecule has 1 aromatic carbocycles. The van der Waals surface area contributed by atoms with E-state index in [0.29, 0.717) is 16.4 Å². The highest BCUT2D eigenvalue weighted by Gasteiger charge is 2.23. The molecule has 0 bridgehead atoms. The van der Waals surface area contributed by atoms with Crippen molar-refractivity contribution in [1.29, 1.82) is 0 Å². The number of aliphatic hydroxyl groups excluding tert-OH is 1. The Morgan fingerprint density at radius 2 is 2.10 bits per heavy atom. The maximum absolute atomic E-state index is 11.2. The highest BCUT2D eigenvalue weighted by molar-refractivity contribution is 7.16. The van der Waals surface area contributed by atoms with Crippen LogP contribution in [0.15, 0.2) is 30.3 Å². The van der Waals surface area contributed by atoms with Crippen LogP contribution in [0.4, 0.5) is 10.7 Å². The molecule has 1 atom stereocenters. The van der Waals surface area contributed by atoms with Crippen molar-refractivity contribution in [3.8, 4) is 0 Å². The number of benzene rings is 1. The maximum Gasteiger partial charge on any atom is 0.304 e. The number of hydrogen-bond acceptors (Lipinski definition) is 5. The molecule has 0 aliphatic rings. The number of nitrogens with zero attached hydrogens (tertiary/aromatic N) is 2. The van der Waals surface area contributed by atoms with Gasteiger partial charge in [0.05, 0.1) is 11.0 Å². The zero-order valence-electron chi connectivity index (χ0n) is 12.2. The summed E-state index contributed by atoms with van der Waals surface area (Å²) in [4.78, 5) is 13.3. The van der Waals surface area contributed by atoms with E-state index < -0.39 is 11.0 Å². The van der Waals surface area contributed by atoms with Crippen LogP contribution in [0.5, 0.6) is 0 Å². The molecule has 1 aromatic heterocycles. The Morgan fingerprint density at radius 3 is 2.67 bits per heavy atom. The first-order chi connectivity index (χ1) is 9.90. The topological polar surface area (TPSA) is 66.6 Å². The molecule has 0 saturated heterocycles. The number of rotatable bonds is 5. The Bertz CT molecular complexity index is 652. The molecule has 1 heterocycles. The van der Waals surface area contributed by atoms with Gasteiger partial charge in [-0.2, -0.15) is 0 Å². The maximum atomic E-state index is 11.2. The zero-order chi connectivity index (χ0) is 15.6. The average Bonchev–Trinajstić information content (AvgIpc) is 2.87. The quantitative estimate of drug-likeness (QED) is 0.676. The van der Waals surface area contributed by atoms with Gasteiger partial charge in [-0.15, -0.1) is 11.3 Å². The van der Waals surface area contributed by atoms with Crippen molar-refractivity contribution in [3.05, 3.63) is 56.5 Å². The van der Waals surface area contributed by atoms with E-state index in [1.54, 1.807) is 6.92 Å². The predicted molar refractivity (Wildman–Crippen MR) is 84.9 cm³/mol. The van der Waals surface area contributed by atoms with E-state index in [4.69, 9.17) is 0 Å². The van der Waals surface area contributed by atoms with Crippen molar-refractivity contribution in [3.63, 3.8) is 0 Å². The molecular formula is C15H18N2O3S. The number of aryl methyl sites for hydroxylation is 1. The van der Waals surface area contributed by atoms with E-state index in [-0.39, 0.29) is 5.69 Å². The average molecular weight is 306 g/mol. The van der Waals surface area contributed by atoms with E-state index in [1.807, 2.05) is 43.1 Å². The Kier molecular flexibility index (Phi) is 4.59. The first-order valence-electron chi connectivity index (χ1n) is 6.62. The summed E-state index contributed by atoms with van der Waals surface area (Å²) in [6, 6.07) is 9.42. The largest absolute Gasteiger partial charge is 0.388 e. The summed E-state index contributed by atoms with van der Waals surface area (Å²) in [5, 5.41) is 21.4. The van der Waals surface area contributed by atoms with Gasteiger partial charge in [0.2, 0.25) is 0 Å². The van der Waals surface area contributed by atoms with Crippen LogP contribution in [0, 0.1) is 17.0 Å². The van der Waals surface area contributed by atoms with Gasteiger partial charge in [0.15, 0.2) is 5.00 Å². The van der Waals surface area contributed by atoms with Crippen molar-refractivity contribution in [2.45, 2.75) is 26.5 Å². The molecule has 0 amide bonds. The van der Waals surface area contributed by atoms with Crippen LogP contribution >= 0.6 is 11.3 Å². The second-order valence-electron chi connectivity index (χ2n) is 5.05. The minimum Gasteiger partial charge on any atom is -0.388 e. The molecule has 2 rings (SSSR count). The highest BCUT2D eigenvalue weighted by atomic mass is 32.1. The first kappa shape index (κ1) is 15.5. The lowest BCUT2D eigenvalue weighted by Crippen LogP contribution is -2.16. The van der Waals surface area contributed by atoms with E-state index in [2.05, 4.69) is 0 Å². The van der Waals surface area contributed by atoms with E-state index in [1.165, 1.54) is 17.4 Å². The van der Waals surface area contributed by atoms with Crippen LogP contribution < -0.4 is 4.90 Å². The van der Waals surface area contributed by atoms with Gasteiger partial charge in [0.1, 0.15) is 0 Å². The smallest absolute Gasteiger partial charge is 0.304 e. The van der Waals surface area contributed by atoms with Crippen molar-refractivity contribution in [2.75, 3.05) is 11.9 Å². The summed E-state index contributed by atoms with van der Waals surface area (Å²) in [6.45, 7) is 4.22. The van der Waals surface area contributed by atoms with Gasteiger partial charge in [-0.3, -0.25) is 10.1 Å². The summed E-state index contributed by atoms with van der Waals surface area (Å²) in [5.41, 5.74) is 2.33. The van der Waals surface area contributed by atoms with Gasteiger partial charge >= 0.3 is 5.69 Å². The predicted octanol–water partition coefficient (Wildman–Crippen LogP) is 3.65. The van der Waals surface area contributed by atoms with Crippen LogP contribution in [0.25, 0.3) is 0 Å². The van der Waals surface area contributed by atoms with E-state index in [9.17, 15) is 15.2 Å². The molecule has 0 aliphatic heterocycles. The Hall–Kier alpha value is -1.92. The van der Waals surface area contributed by atoms with Crippen LogP contribution in [-0.2, 0) is 6.54 Å². The first-order valence-corrected chi connectivity index (χ1v) is 7.43. The molecule has 112 valence electrons. The monoisotopic (exact) mass is 306 g/mol. The SMILES string of the molecule is Cc1ccccc1CN(C)c1sc([C@H](C)O)cc1[N+](=O)[O-]. The lowest BCUT2D eigenvalue weighted by atomic mass is 10.1. The number of thiophene rings is 1. The molecule has 0 radical (unpaired) electrons. The van der Waals surface area contributed by atoms with Gasteiger partial charge in [0, 0.05) is 24.5 Å². The molecule has 21 heavy (non-hydrogen) atoms. The minimum atomic E-state index is -0.700. The number of anilines is 1. The second kappa shape index (κ2) is 6.24. The highest BCUT2D eigenvalue weighted by Crippen LogP contribution is 2.40. The summed E-state index contributed by atoms with van der Waals surface area (Å²) < 4.78 is 0. The van der Waals surface area contributed by atoms with E-state index in [0.717, 1.165) is 11.1 Å². The number of hydrogen-bond donors (Lipinski definition) is 1. The van der Waals surface area contributed by atoms with Crippen LogP contribution in [0.3, 0.4) is 0 Å². The van der Waals surface area contributed by atoms with Crippen LogP contribution in [0.1, 0.15) is 29.0 Å². The van der Waals surface area contributed by atoms with Crippen molar-refractivity contribution in [1.82, 2.24) is 0 Å². The Balaban J connectivity index is 2.32. The third-order valence-electron chi connectivity index (χ3n) is 3.34. The standard InChI is InChI=1S/C15H18N2O3S/c1-10-6-4-5-7-12(10)9-16(3)15-13(17(19)20)8-14(21-15)11(2)18/h4-8,11,18H,9H2,1-3H3/t11-/m0/s1. The molecule has 2 aromatic rings. The summed E-state index contributed by atoms with van der Waals surface area (Å²) in [6.07, 6.45) is -0.700. The summed E-state index contributed by atoms with van der Waals surface area (Å²) in [5.74, 6) is 0. The summed E-state index contributed by atoms with van der Waals surface area (Å²) in [7, 11) is 1.83. The lowest BCUT2D eigenvalue weighted by Gasteiger charge is -2.18. The molecule has 1 N–H and O–H groups in total. The third kappa shape index (κ3) is 3.40. The van der Waals surface area contributed by atoms with Crippen molar-refractivity contribution >= 4 is 22.0 Å². The molecule has 0 aliphatic carbocycles. The molecule has 0 saturated carbocycles. The normalized spacial score (nSPS) is 12.2. The molecule has 0 unspecified atom stereocenters. The van der Waals surface area contributed by atoms with Crippen molar-refractivity contribution in [2.24, 2.45) is 0 Å². The van der Waals surface area contributed by atoms with Gasteiger partial charge in [-0.1, -0.05) is 24.3 Å². The number of nitro groups is 1. The fourth-order valence-electron chi connectivity index (χ4n) is 2.11. The van der Waals surface area contributed by atoms with Gasteiger partial charge in [-0.05, 0) is 25.0 Å². The molecule has 0 spiro atoms. The fraction of sp³-hybridized carbons (Fsp3) is 0.333. The molecule has 0 fully saturated rings. The Labute approximate surface area is 127 Å². The van der Waals surface area contributed by atoms with Crippen molar-refractivity contribution < 1.29 is 10.0 Å². The zero-order valence-corrected chi connectivity index (χ0v) is 13.1. The van der Waals surface area contributed by atoms with Crippen LogP contribution in [-0.4, -0.2) is 17.1 Å². The Morgan fingerprint density at radius 1 is 1.43 bits per heavy atom. The number of aliphatic hydroxyl groups is 1.